The van der Waals surface area contributed by atoms with Crippen LogP contribution in [-0.2, 0) is 14.8 Å². The fourth-order valence-corrected chi connectivity index (χ4v) is 5.56. The minimum Gasteiger partial charge on any atom is -0.487 e. The minimum atomic E-state index is -3.63. The lowest BCUT2D eigenvalue weighted by Crippen LogP contribution is -2.47. The Morgan fingerprint density at radius 3 is 2.62 bits per heavy atom. The predicted molar refractivity (Wildman–Crippen MR) is 99.5 cm³/mol. The van der Waals surface area contributed by atoms with Crippen LogP contribution in [0, 0.1) is 5.92 Å². The number of para-hydroxylation sites is 1. The normalized spacial score (nSPS) is 25.6. The van der Waals surface area contributed by atoms with Crippen molar-refractivity contribution in [2.24, 2.45) is 5.92 Å². The van der Waals surface area contributed by atoms with Gasteiger partial charge in [-0.2, -0.15) is 4.31 Å². The second kappa shape index (κ2) is 7.56. The number of carbonyl (C=O) groups excluding carboxylic acids is 1. The van der Waals surface area contributed by atoms with E-state index in [1.165, 1.54) is 0 Å². The van der Waals surface area contributed by atoms with Gasteiger partial charge >= 0.3 is 0 Å². The third-order valence-electron chi connectivity index (χ3n) is 5.26. The van der Waals surface area contributed by atoms with Gasteiger partial charge in [0, 0.05) is 33.0 Å². The van der Waals surface area contributed by atoms with Crippen molar-refractivity contribution in [2.45, 2.75) is 57.1 Å². The smallest absolute Gasteiger partial charge is 0.247 e. The van der Waals surface area contributed by atoms with Gasteiger partial charge in [0.25, 0.3) is 0 Å². The summed E-state index contributed by atoms with van der Waals surface area (Å²) in [5.74, 6) is 0.854. The van der Waals surface area contributed by atoms with E-state index in [1.807, 2.05) is 0 Å². The zero-order chi connectivity index (χ0) is 18.9. The van der Waals surface area contributed by atoms with Gasteiger partial charge in [0.15, 0.2) is 0 Å². The molecule has 0 radical (unpaired) electrons. The van der Waals surface area contributed by atoms with Gasteiger partial charge in [-0.25, -0.2) is 8.42 Å². The van der Waals surface area contributed by atoms with E-state index < -0.39 is 10.0 Å². The fourth-order valence-electron chi connectivity index (χ4n) is 3.74. The number of benzene rings is 1. The van der Waals surface area contributed by atoms with E-state index in [2.05, 4.69) is 13.8 Å². The van der Waals surface area contributed by atoms with Gasteiger partial charge in [0.1, 0.15) is 16.7 Å². The molecule has 2 atom stereocenters. The summed E-state index contributed by atoms with van der Waals surface area (Å²) in [4.78, 5) is 13.8. The van der Waals surface area contributed by atoms with Crippen LogP contribution in [0.5, 0.6) is 5.75 Å². The topological polar surface area (TPSA) is 66.9 Å². The maximum atomic E-state index is 13.4. The number of ether oxygens (including phenoxy) is 1. The van der Waals surface area contributed by atoms with Crippen molar-refractivity contribution >= 4 is 15.9 Å². The summed E-state index contributed by atoms with van der Waals surface area (Å²) in [5, 5.41) is 0. The lowest BCUT2D eigenvalue weighted by molar-refractivity contribution is -0.128. The van der Waals surface area contributed by atoms with Crippen LogP contribution in [-0.4, -0.2) is 55.3 Å². The van der Waals surface area contributed by atoms with Crippen LogP contribution < -0.4 is 4.74 Å². The average Bonchev–Trinajstić information content (AvgIpc) is 2.82. The van der Waals surface area contributed by atoms with Gasteiger partial charge in [-0.05, 0) is 30.9 Å². The number of hydrogen-bond acceptors (Lipinski definition) is 4. The van der Waals surface area contributed by atoms with Gasteiger partial charge in [-0.1, -0.05) is 26.0 Å². The van der Waals surface area contributed by atoms with Gasteiger partial charge < -0.3 is 9.64 Å². The molecule has 2 aliphatic rings. The van der Waals surface area contributed by atoms with Crippen LogP contribution in [0.4, 0.5) is 0 Å². The van der Waals surface area contributed by atoms with Crippen LogP contribution in [0.3, 0.4) is 0 Å². The number of likely N-dealkylation sites (tertiary alicyclic amines) is 1. The summed E-state index contributed by atoms with van der Waals surface area (Å²) in [5.41, 5.74) is 0. The van der Waals surface area contributed by atoms with Crippen LogP contribution >= 0.6 is 0 Å². The molecule has 0 aliphatic carbocycles. The van der Waals surface area contributed by atoms with Crippen molar-refractivity contribution in [3.05, 3.63) is 24.3 Å². The molecule has 0 aromatic heterocycles. The first kappa shape index (κ1) is 19.2. The Balaban J connectivity index is 2.01. The first-order valence-electron chi connectivity index (χ1n) is 9.33. The summed E-state index contributed by atoms with van der Waals surface area (Å²) >= 11 is 0. The molecule has 26 heavy (non-hydrogen) atoms. The second-order valence-corrected chi connectivity index (χ2v) is 9.41. The number of rotatable bonds is 3. The maximum absolute atomic E-state index is 13.4. The van der Waals surface area contributed by atoms with Crippen LogP contribution in [0.25, 0.3) is 0 Å². The molecule has 0 bridgehead atoms. The maximum Gasteiger partial charge on any atom is 0.247 e. The molecular formula is C19H28N2O4S. The molecule has 3 rings (SSSR count). The lowest BCUT2D eigenvalue weighted by Gasteiger charge is -2.32. The van der Waals surface area contributed by atoms with Gasteiger partial charge in [0.05, 0.1) is 6.04 Å². The molecule has 0 saturated carbocycles. The van der Waals surface area contributed by atoms with Crippen molar-refractivity contribution in [3.8, 4) is 5.75 Å². The van der Waals surface area contributed by atoms with E-state index >= 15 is 0 Å². The Hall–Kier alpha value is -1.60. The Bertz CT molecular complexity index is 763. The summed E-state index contributed by atoms with van der Waals surface area (Å²) in [6.07, 6.45) is 1.77. The van der Waals surface area contributed by atoms with E-state index in [0.717, 1.165) is 6.42 Å². The third kappa shape index (κ3) is 3.74. The highest BCUT2D eigenvalue weighted by atomic mass is 32.2. The van der Waals surface area contributed by atoms with Crippen LogP contribution in [0.2, 0.25) is 0 Å². The number of nitrogens with zero attached hydrogens (tertiary/aromatic N) is 2. The predicted octanol–water partition coefficient (Wildman–Crippen LogP) is 2.50. The summed E-state index contributed by atoms with van der Waals surface area (Å²) in [7, 11) is -3.63. The number of amides is 1. The van der Waals surface area contributed by atoms with Crippen molar-refractivity contribution in [1.82, 2.24) is 9.21 Å². The molecule has 6 nitrogen and oxygen atoms in total. The molecule has 1 amide bonds. The van der Waals surface area contributed by atoms with Crippen molar-refractivity contribution in [1.29, 1.82) is 0 Å². The Kier molecular flexibility index (Phi) is 5.58. The number of sulfonamides is 1. The van der Waals surface area contributed by atoms with E-state index in [9.17, 15) is 13.2 Å². The Labute approximate surface area is 156 Å². The molecule has 1 aromatic carbocycles. The summed E-state index contributed by atoms with van der Waals surface area (Å²) in [6.45, 7) is 7.37. The van der Waals surface area contributed by atoms with Gasteiger partial charge in [-0.3, -0.25) is 4.79 Å². The second-order valence-electron chi connectivity index (χ2n) is 7.55. The molecular weight excluding hydrogens is 352 g/mol. The van der Waals surface area contributed by atoms with E-state index in [0.29, 0.717) is 44.1 Å². The quantitative estimate of drug-likeness (QED) is 0.808. The molecule has 2 aliphatic heterocycles. The summed E-state index contributed by atoms with van der Waals surface area (Å²) < 4.78 is 34.6. The zero-order valence-corrected chi connectivity index (χ0v) is 16.5. The molecule has 144 valence electrons. The molecule has 2 heterocycles. The standard InChI is InChI=1S/C19H28N2O4S/c1-14(2)8-13-21-16-9-11-20(15(3)22)12-10-17(16)25-18-6-4-5-7-19(18)26(21,23)24/h4-7,14,16-17H,8-13H2,1-3H3/t16-,17-/m1/s1. The number of hydrogen-bond donors (Lipinski definition) is 0. The average molecular weight is 381 g/mol. The minimum absolute atomic E-state index is 0.0263. The molecule has 1 fully saturated rings. The number of carbonyl (C=O) groups is 1. The van der Waals surface area contributed by atoms with E-state index in [-0.39, 0.29) is 22.9 Å². The molecule has 7 heteroatoms. The highest BCUT2D eigenvalue weighted by molar-refractivity contribution is 7.89. The SMILES string of the molecule is CC(=O)N1CC[C@@H]2[C@@H](CC1)Oc1ccccc1S(=O)(=O)N2CCC(C)C. The first-order valence-corrected chi connectivity index (χ1v) is 10.8. The van der Waals surface area contributed by atoms with Gasteiger partial charge in [0.2, 0.25) is 15.9 Å². The molecule has 1 saturated heterocycles. The highest BCUT2D eigenvalue weighted by Crippen LogP contribution is 2.36. The fraction of sp³-hybridized carbons (Fsp3) is 0.632. The largest absolute Gasteiger partial charge is 0.487 e. The van der Waals surface area contributed by atoms with E-state index in [1.54, 1.807) is 40.4 Å². The van der Waals surface area contributed by atoms with Gasteiger partial charge in [-0.15, -0.1) is 0 Å². The zero-order valence-electron chi connectivity index (χ0n) is 15.7. The molecule has 0 unspecified atom stereocenters. The lowest BCUT2D eigenvalue weighted by atomic mass is 10.0. The van der Waals surface area contributed by atoms with Crippen molar-refractivity contribution in [2.75, 3.05) is 19.6 Å². The van der Waals surface area contributed by atoms with Crippen LogP contribution in [0.15, 0.2) is 29.2 Å². The Morgan fingerprint density at radius 2 is 1.92 bits per heavy atom. The number of fused-ring (bicyclic) bond motifs is 2. The third-order valence-corrected chi connectivity index (χ3v) is 7.23. The summed E-state index contributed by atoms with van der Waals surface area (Å²) in [6, 6.07) is 6.63. The molecule has 0 spiro atoms. The first-order chi connectivity index (χ1) is 12.3. The molecule has 0 N–H and O–H groups in total. The van der Waals surface area contributed by atoms with E-state index in [4.69, 9.17) is 4.74 Å². The van der Waals surface area contributed by atoms with Crippen LogP contribution in [0.1, 0.15) is 40.0 Å². The van der Waals surface area contributed by atoms with Crippen molar-refractivity contribution in [3.63, 3.8) is 0 Å². The Morgan fingerprint density at radius 1 is 1.23 bits per heavy atom. The monoisotopic (exact) mass is 380 g/mol. The highest BCUT2D eigenvalue weighted by Gasteiger charge is 2.43. The van der Waals surface area contributed by atoms with Crippen molar-refractivity contribution < 1.29 is 17.9 Å². The molecule has 1 aromatic rings.